The fraction of sp³-hybridized carbons (Fsp3) is 0.269. The Hall–Kier alpha value is -3.62. The summed E-state index contributed by atoms with van der Waals surface area (Å²) in [5.74, 6) is -0.0538. The molecule has 34 heavy (non-hydrogen) atoms. The minimum absolute atomic E-state index is 0.184. The Bertz CT molecular complexity index is 1330. The number of carbonyl (C=O) groups excluding carboxylic acids is 1. The van der Waals surface area contributed by atoms with E-state index in [1.54, 1.807) is 35.9 Å². The van der Waals surface area contributed by atoms with Crippen LogP contribution >= 0.6 is 0 Å². The number of hydrogen-bond acceptors (Lipinski definition) is 5. The van der Waals surface area contributed by atoms with Crippen molar-refractivity contribution in [1.82, 2.24) is 29.9 Å². The summed E-state index contributed by atoms with van der Waals surface area (Å²) in [6.07, 6.45) is 6.19. The smallest absolute Gasteiger partial charge is 0.287 e. The van der Waals surface area contributed by atoms with Crippen LogP contribution in [0.4, 0.5) is 4.39 Å². The second-order valence-corrected chi connectivity index (χ2v) is 8.54. The molecule has 2 N–H and O–H groups in total. The number of benzene rings is 1. The lowest BCUT2D eigenvalue weighted by atomic mass is 9.99. The molecule has 174 valence electrons. The molecular formula is C26H27FN6O. The zero-order valence-electron chi connectivity index (χ0n) is 19.1. The topological polar surface area (TPSA) is 74.6 Å². The average molecular weight is 459 g/mol. The molecule has 1 aliphatic heterocycles. The van der Waals surface area contributed by atoms with Gasteiger partial charge in [-0.3, -0.25) is 19.1 Å². The number of amides is 1. The van der Waals surface area contributed by atoms with Crippen molar-refractivity contribution in [3.8, 4) is 22.4 Å². The third kappa shape index (κ3) is 4.55. The minimum Gasteiger partial charge on any atom is -0.349 e. The number of nitrogens with one attached hydrogen (secondary N) is 2. The summed E-state index contributed by atoms with van der Waals surface area (Å²) in [5, 5.41) is 6.28. The quantitative estimate of drug-likeness (QED) is 0.415. The molecule has 0 saturated carbocycles. The molecule has 0 radical (unpaired) electrons. The molecule has 0 atom stereocenters. The van der Waals surface area contributed by atoms with Gasteiger partial charge >= 0.3 is 0 Å². The molecule has 0 bridgehead atoms. The molecule has 8 heteroatoms. The van der Waals surface area contributed by atoms with E-state index in [1.807, 2.05) is 30.5 Å². The van der Waals surface area contributed by atoms with E-state index in [2.05, 4.69) is 25.5 Å². The standard InChI is InChI=1S/C26H27FN6O/c1-18-14-20(5-6-23(18)27)24-22(4-2-8-29-24)19-7-12-33-21(15-19)16-31-25(33)26(34)30-9-3-11-32-13-10-28-17-32/h2,4-8,12,14-16,28H,3,9-11,13,17H2,1H3,(H,30,34). The van der Waals surface area contributed by atoms with Gasteiger partial charge in [0.25, 0.3) is 5.91 Å². The van der Waals surface area contributed by atoms with E-state index in [4.69, 9.17) is 0 Å². The number of aryl methyl sites for hydroxylation is 1. The molecule has 1 aliphatic rings. The van der Waals surface area contributed by atoms with Crippen LogP contribution in [0.5, 0.6) is 0 Å². The van der Waals surface area contributed by atoms with Crippen molar-refractivity contribution in [3.05, 3.63) is 78.3 Å². The number of pyridine rings is 2. The van der Waals surface area contributed by atoms with Crippen LogP contribution in [0.2, 0.25) is 0 Å². The Morgan fingerprint density at radius 3 is 2.91 bits per heavy atom. The number of nitrogens with zero attached hydrogens (tertiary/aromatic N) is 4. The lowest BCUT2D eigenvalue weighted by molar-refractivity contribution is 0.0941. The van der Waals surface area contributed by atoms with Crippen molar-refractivity contribution >= 4 is 11.4 Å². The SMILES string of the molecule is Cc1cc(-c2ncccc2-c2ccn3c(C(=O)NCCCN4CCNC4)ncc3c2)ccc1F. The summed E-state index contributed by atoms with van der Waals surface area (Å²) in [5.41, 5.74) is 4.90. The van der Waals surface area contributed by atoms with Gasteiger partial charge in [-0.05, 0) is 60.9 Å². The van der Waals surface area contributed by atoms with Gasteiger partial charge in [-0.1, -0.05) is 6.07 Å². The van der Waals surface area contributed by atoms with Gasteiger partial charge in [-0.2, -0.15) is 0 Å². The first-order chi connectivity index (χ1) is 16.6. The van der Waals surface area contributed by atoms with Crippen LogP contribution in [-0.2, 0) is 0 Å². The summed E-state index contributed by atoms with van der Waals surface area (Å²) in [6.45, 7) is 6.31. The van der Waals surface area contributed by atoms with Crippen LogP contribution in [0.15, 0.2) is 61.1 Å². The first kappa shape index (κ1) is 22.2. The van der Waals surface area contributed by atoms with Crippen LogP contribution in [0, 0.1) is 12.7 Å². The lowest BCUT2D eigenvalue weighted by Crippen LogP contribution is -2.30. The van der Waals surface area contributed by atoms with Gasteiger partial charge in [0.1, 0.15) is 5.82 Å². The molecule has 3 aromatic heterocycles. The van der Waals surface area contributed by atoms with Gasteiger partial charge in [0.15, 0.2) is 0 Å². The van der Waals surface area contributed by atoms with Gasteiger partial charge in [-0.25, -0.2) is 9.37 Å². The van der Waals surface area contributed by atoms with Crippen molar-refractivity contribution in [1.29, 1.82) is 0 Å². The molecule has 0 spiro atoms. The normalized spacial score (nSPS) is 14.1. The van der Waals surface area contributed by atoms with Crippen LogP contribution < -0.4 is 10.6 Å². The molecule has 1 amide bonds. The maximum absolute atomic E-state index is 13.8. The zero-order chi connectivity index (χ0) is 23.5. The van der Waals surface area contributed by atoms with E-state index in [0.717, 1.165) is 60.6 Å². The highest BCUT2D eigenvalue weighted by Crippen LogP contribution is 2.31. The van der Waals surface area contributed by atoms with Gasteiger partial charge in [-0.15, -0.1) is 0 Å². The molecule has 1 saturated heterocycles. The predicted octanol–water partition coefficient (Wildman–Crippen LogP) is 3.49. The van der Waals surface area contributed by atoms with Crippen LogP contribution in [0.3, 0.4) is 0 Å². The molecule has 0 aliphatic carbocycles. The summed E-state index contributed by atoms with van der Waals surface area (Å²) in [7, 11) is 0. The minimum atomic E-state index is -0.235. The Morgan fingerprint density at radius 1 is 1.18 bits per heavy atom. The molecule has 4 heterocycles. The van der Waals surface area contributed by atoms with Crippen molar-refractivity contribution in [3.63, 3.8) is 0 Å². The molecule has 7 nitrogen and oxygen atoms in total. The Kier molecular flexibility index (Phi) is 6.33. The number of carbonyl (C=O) groups is 1. The van der Waals surface area contributed by atoms with Crippen LogP contribution in [0.1, 0.15) is 22.6 Å². The highest BCUT2D eigenvalue weighted by atomic mass is 19.1. The van der Waals surface area contributed by atoms with Crippen molar-refractivity contribution in [2.75, 3.05) is 32.8 Å². The molecule has 4 aromatic rings. The maximum atomic E-state index is 13.8. The zero-order valence-corrected chi connectivity index (χ0v) is 19.1. The number of halogens is 1. The highest BCUT2D eigenvalue weighted by Gasteiger charge is 2.16. The van der Waals surface area contributed by atoms with E-state index >= 15 is 0 Å². The van der Waals surface area contributed by atoms with E-state index in [0.29, 0.717) is 17.9 Å². The number of aromatic nitrogens is 3. The van der Waals surface area contributed by atoms with Gasteiger partial charge in [0.05, 0.1) is 17.4 Å². The molecule has 5 rings (SSSR count). The molecule has 1 aromatic carbocycles. The Labute approximate surface area is 197 Å². The van der Waals surface area contributed by atoms with Crippen molar-refractivity contribution in [2.45, 2.75) is 13.3 Å². The average Bonchev–Trinajstić information content (AvgIpc) is 3.53. The monoisotopic (exact) mass is 458 g/mol. The number of fused-ring (bicyclic) bond motifs is 1. The first-order valence-corrected chi connectivity index (χ1v) is 11.5. The van der Waals surface area contributed by atoms with Crippen molar-refractivity contribution in [2.24, 2.45) is 0 Å². The Balaban J connectivity index is 1.35. The van der Waals surface area contributed by atoms with Gasteiger partial charge < -0.3 is 10.6 Å². The largest absolute Gasteiger partial charge is 0.349 e. The molecule has 0 unspecified atom stereocenters. The molecular weight excluding hydrogens is 431 g/mol. The van der Waals surface area contributed by atoms with Gasteiger partial charge in [0.2, 0.25) is 5.82 Å². The fourth-order valence-electron chi connectivity index (χ4n) is 4.32. The number of hydrogen-bond donors (Lipinski definition) is 2. The second kappa shape index (κ2) is 9.70. The van der Waals surface area contributed by atoms with Crippen molar-refractivity contribution < 1.29 is 9.18 Å². The Morgan fingerprint density at radius 2 is 2.09 bits per heavy atom. The maximum Gasteiger partial charge on any atom is 0.287 e. The second-order valence-electron chi connectivity index (χ2n) is 8.54. The number of rotatable bonds is 7. The van der Waals surface area contributed by atoms with E-state index < -0.39 is 0 Å². The summed E-state index contributed by atoms with van der Waals surface area (Å²) in [4.78, 5) is 24.0. The third-order valence-electron chi connectivity index (χ3n) is 6.16. The number of imidazole rings is 1. The van der Waals surface area contributed by atoms with E-state index in [-0.39, 0.29) is 11.7 Å². The summed E-state index contributed by atoms with van der Waals surface area (Å²) >= 11 is 0. The van der Waals surface area contributed by atoms with E-state index in [1.165, 1.54) is 6.07 Å². The van der Waals surface area contributed by atoms with E-state index in [9.17, 15) is 9.18 Å². The lowest BCUT2D eigenvalue weighted by Gasteiger charge is -2.13. The summed E-state index contributed by atoms with van der Waals surface area (Å²) < 4.78 is 15.6. The highest BCUT2D eigenvalue weighted by molar-refractivity contribution is 5.92. The third-order valence-corrected chi connectivity index (χ3v) is 6.16. The molecule has 1 fully saturated rings. The first-order valence-electron chi connectivity index (χ1n) is 11.5. The fourth-order valence-corrected chi connectivity index (χ4v) is 4.32. The van der Waals surface area contributed by atoms with Crippen LogP contribution in [0.25, 0.3) is 27.9 Å². The summed E-state index contributed by atoms with van der Waals surface area (Å²) in [6, 6.07) is 12.8. The predicted molar refractivity (Wildman–Crippen MR) is 130 cm³/mol. The van der Waals surface area contributed by atoms with Crippen LogP contribution in [-0.4, -0.2) is 58.0 Å². The van der Waals surface area contributed by atoms with Gasteiger partial charge in [0, 0.05) is 56.4 Å².